The molecular weight excluding hydrogens is 158 g/mol. The summed E-state index contributed by atoms with van der Waals surface area (Å²) in [5.41, 5.74) is 4.53. The van der Waals surface area contributed by atoms with E-state index in [9.17, 15) is 0 Å². The standard InChI is InChI=1S/C12H17N/c1-2-10-5-6-12-9-13-7-3-4-11(12)8-10/h5-6,8,13H,2-4,7,9H2,1H3. The lowest BCUT2D eigenvalue weighted by molar-refractivity contribution is 0.681. The molecule has 0 saturated carbocycles. The summed E-state index contributed by atoms with van der Waals surface area (Å²) in [5, 5.41) is 3.44. The summed E-state index contributed by atoms with van der Waals surface area (Å²) in [7, 11) is 0. The van der Waals surface area contributed by atoms with Crippen molar-refractivity contribution in [3.63, 3.8) is 0 Å². The van der Waals surface area contributed by atoms with Gasteiger partial charge in [-0.3, -0.25) is 0 Å². The number of rotatable bonds is 1. The van der Waals surface area contributed by atoms with Gasteiger partial charge in [-0.2, -0.15) is 0 Å². The van der Waals surface area contributed by atoms with Gasteiger partial charge < -0.3 is 5.32 Å². The molecule has 1 aromatic rings. The van der Waals surface area contributed by atoms with E-state index in [2.05, 4.69) is 30.4 Å². The van der Waals surface area contributed by atoms with E-state index in [0.29, 0.717) is 0 Å². The Bertz CT molecular complexity index is 291. The molecule has 0 amide bonds. The quantitative estimate of drug-likeness (QED) is 0.690. The molecule has 1 nitrogen and oxygen atoms in total. The van der Waals surface area contributed by atoms with Crippen LogP contribution in [0.1, 0.15) is 30.0 Å². The lowest BCUT2D eigenvalue weighted by Crippen LogP contribution is -2.11. The van der Waals surface area contributed by atoms with E-state index in [0.717, 1.165) is 19.5 Å². The van der Waals surface area contributed by atoms with E-state index in [1.807, 2.05) is 0 Å². The van der Waals surface area contributed by atoms with Gasteiger partial charge in [-0.15, -0.1) is 0 Å². The molecule has 1 heterocycles. The van der Waals surface area contributed by atoms with Crippen molar-refractivity contribution in [2.75, 3.05) is 6.54 Å². The van der Waals surface area contributed by atoms with E-state index in [4.69, 9.17) is 0 Å². The summed E-state index contributed by atoms with van der Waals surface area (Å²) < 4.78 is 0. The average Bonchev–Trinajstić information content (AvgIpc) is 2.41. The summed E-state index contributed by atoms with van der Waals surface area (Å²) in [6.45, 7) is 4.44. The van der Waals surface area contributed by atoms with Crippen LogP contribution in [-0.2, 0) is 19.4 Å². The van der Waals surface area contributed by atoms with Crippen LogP contribution in [0.2, 0.25) is 0 Å². The molecule has 0 atom stereocenters. The third-order valence-corrected chi connectivity index (χ3v) is 2.79. The minimum atomic E-state index is 1.05. The molecule has 0 aliphatic carbocycles. The molecule has 70 valence electrons. The van der Waals surface area contributed by atoms with Crippen LogP contribution in [0.25, 0.3) is 0 Å². The zero-order valence-electron chi connectivity index (χ0n) is 8.27. The highest BCUT2D eigenvalue weighted by Gasteiger charge is 2.06. The molecule has 0 fully saturated rings. The largest absolute Gasteiger partial charge is 0.313 e. The summed E-state index contributed by atoms with van der Waals surface area (Å²) in [4.78, 5) is 0. The molecule has 0 spiro atoms. The van der Waals surface area contributed by atoms with Crippen molar-refractivity contribution in [2.45, 2.75) is 32.7 Å². The minimum absolute atomic E-state index is 1.05. The fraction of sp³-hybridized carbons (Fsp3) is 0.500. The molecule has 1 heteroatoms. The van der Waals surface area contributed by atoms with E-state index in [1.54, 1.807) is 5.56 Å². The SMILES string of the molecule is CCc1ccc2c(c1)CCCNC2. The van der Waals surface area contributed by atoms with Crippen LogP contribution in [0.15, 0.2) is 18.2 Å². The Balaban J connectivity index is 2.32. The summed E-state index contributed by atoms with van der Waals surface area (Å²) in [6.07, 6.45) is 3.68. The molecule has 0 radical (unpaired) electrons. The Morgan fingerprint density at radius 2 is 2.23 bits per heavy atom. The van der Waals surface area contributed by atoms with Crippen molar-refractivity contribution >= 4 is 0 Å². The maximum atomic E-state index is 3.44. The molecule has 1 N–H and O–H groups in total. The molecule has 1 aliphatic rings. The third-order valence-electron chi connectivity index (χ3n) is 2.79. The molecule has 0 aromatic heterocycles. The van der Waals surface area contributed by atoms with Crippen molar-refractivity contribution in [3.05, 3.63) is 34.9 Å². The second-order valence-electron chi connectivity index (χ2n) is 3.74. The van der Waals surface area contributed by atoms with Gasteiger partial charge in [0.1, 0.15) is 0 Å². The van der Waals surface area contributed by atoms with Gasteiger partial charge in [-0.1, -0.05) is 25.1 Å². The number of aryl methyl sites for hydroxylation is 2. The Hall–Kier alpha value is -0.820. The number of nitrogens with one attached hydrogen (secondary N) is 1. The van der Waals surface area contributed by atoms with Gasteiger partial charge in [0, 0.05) is 6.54 Å². The summed E-state index contributed by atoms with van der Waals surface area (Å²) in [6, 6.07) is 6.92. The molecular formula is C12H17N. The lowest BCUT2D eigenvalue weighted by atomic mass is 10.00. The molecule has 2 rings (SSSR count). The van der Waals surface area contributed by atoms with Gasteiger partial charge in [-0.05, 0) is 42.5 Å². The normalized spacial score (nSPS) is 16.4. The number of hydrogen-bond donors (Lipinski definition) is 1. The van der Waals surface area contributed by atoms with Crippen molar-refractivity contribution in [2.24, 2.45) is 0 Å². The van der Waals surface area contributed by atoms with Crippen LogP contribution in [0, 0.1) is 0 Å². The zero-order chi connectivity index (χ0) is 9.10. The van der Waals surface area contributed by atoms with Gasteiger partial charge in [-0.25, -0.2) is 0 Å². The van der Waals surface area contributed by atoms with Crippen LogP contribution < -0.4 is 5.32 Å². The van der Waals surface area contributed by atoms with Crippen molar-refractivity contribution < 1.29 is 0 Å². The Morgan fingerprint density at radius 1 is 1.31 bits per heavy atom. The fourth-order valence-electron chi connectivity index (χ4n) is 1.93. The Labute approximate surface area is 80.2 Å². The zero-order valence-corrected chi connectivity index (χ0v) is 8.27. The second kappa shape index (κ2) is 3.93. The van der Waals surface area contributed by atoms with E-state index in [-0.39, 0.29) is 0 Å². The predicted octanol–water partition coefficient (Wildman–Crippen LogP) is 2.28. The monoisotopic (exact) mass is 175 g/mol. The highest BCUT2D eigenvalue weighted by atomic mass is 14.8. The van der Waals surface area contributed by atoms with Crippen LogP contribution in [0.3, 0.4) is 0 Å². The topological polar surface area (TPSA) is 12.0 Å². The highest BCUT2D eigenvalue weighted by Crippen LogP contribution is 2.16. The molecule has 0 saturated heterocycles. The number of benzene rings is 1. The van der Waals surface area contributed by atoms with Gasteiger partial charge >= 0.3 is 0 Å². The Kier molecular flexibility index (Phi) is 2.65. The fourth-order valence-corrected chi connectivity index (χ4v) is 1.93. The van der Waals surface area contributed by atoms with Gasteiger partial charge in [0.05, 0.1) is 0 Å². The smallest absolute Gasteiger partial charge is 0.0208 e. The first-order valence-electron chi connectivity index (χ1n) is 5.21. The molecule has 13 heavy (non-hydrogen) atoms. The molecule has 0 bridgehead atoms. The number of hydrogen-bond acceptors (Lipinski definition) is 1. The van der Waals surface area contributed by atoms with Crippen LogP contribution in [0.5, 0.6) is 0 Å². The number of fused-ring (bicyclic) bond motifs is 1. The summed E-state index contributed by atoms with van der Waals surface area (Å²) in [5.74, 6) is 0. The van der Waals surface area contributed by atoms with Gasteiger partial charge in [0.25, 0.3) is 0 Å². The lowest BCUT2D eigenvalue weighted by Gasteiger charge is -2.06. The average molecular weight is 175 g/mol. The molecule has 1 aromatic carbocycles. The first-order chi connectivity index (χ1) is 6.40. The van der Waals surface area contributed by atoms with Crippen LogP contribution in [-0.4, -0.2) is 6.54 Å². The van der Waals surface area contributed by atoms with E-state index in [1.165, 1.54) is 24.0 Å². The van der Waals surface area contributed by atoms with E-state index >= 15 is 0 Å². The van der Waals surface area contributed by atoms with Crippen LogP contribution in [0.4, 0.5) is 0 Å². The van der Waals surface area contributed by atoms with Crippen molar-refractivity contribution in [1.29, 1.82) is 0 Å². The summed E-state index contributed by atoms with van der Waals surface area (Å²) >= 11 is 0. The maximum absolute atomic E-state index is 3.44. The minimum Gasteiger partial charge on any atom is -0.313 e. The first kappa shape index (κ1) is 8.76. The van der Waals surface area contributed by atoms with Gasteiger partial charge in [0.15, 0.2) is 0 Å². The second-order valence-corrected chi connectivity index (χ2v) is 3.74. The van der Waals surface area contributed by atoms with Crippen molar-refractivity contribution in [3.8, 4) is 0 Å². The highest BCUT2D eigenvalue weighted by molar-refractivity contribution is 5.32. The molecule has 1 aliphatic heterocycles. The van der Waals surface area contributed by atoms with Gasteiger partial charge in [0.2, 0.25) is 0 Å². The maximum Gasteiger partial charge on any atom is 0.0208 e. The van der Waals surface area contributed by atoms with Crippen LogP contribution >= 0.6 is 0 Å². The third kappa shape index (κ3) is 1.92. The first-order valence-corrected chi connectivity index (χ1v) is 5.21. The van der Waals surface area contributed by atoms with E-state index < -0.39 is 0 Å². The predicted molar refractivity (Wildman–Crippen MR) is 55.8 cm³/mol. The Morgan fingerprint density at radius 3 is 3.08 bits per heavy atom. The van der Waals surface area contributed by atoms with Crippen molar-refractivity contribution in [1.82, 2.24) is 5.32 Å². The molecule has 0 unspecified atom stereocenters.